The van der Waals surface area contributed by atoms with Gasteiger partial charge in [0.1, 0.15) is 18.0 Å². The van der Waals surface area contributed by atoms with Crippen LogP contribution in [-0.4, -0.2) is 32.8 Å². The molecule has 6 heteroatoms. The van der Waals surface area contributed by atoms with E-state index in [1.807, 2.05) is 13.0 Å². The highest BCUT2D eigenvalue weighted by atomic mass is 19.1. The molecule has 0 bridgehead atoms. The summed E-state index contributed by atoms with van der Waals surface area (Å²) >= 11 is 0. The van der Waals surface area contributed by atoms with Crippen molar-refractivity contribution in [1.29, 1.82) is 0 Å². The van der Waals surface area contributed by atoms with Gasteiger partial charge in [0.15, 0.2) is 5.65 Å². The third-order valence-corrected chi connectivity index (χ3v) is 3.96. The summed E-state index contributed by atoms with van der Waals surface area (Å²) in [6.45, 7) is 8.13. The Balaban J connectivity index is 2.18. The Morgan fingerprint density at radius 1 is 1.12 bits per heavy atom. The van der Waals surface area contributed by atoms with Crippen LogP contribution in [0.4, 0.5) is 10.2 Å². The van der Waals surface area contributed by atoms with E-state index < -0.39 is 0 Å². The molecule has 2 aromatic heterocycles. The fourth-order valence-electron chi connectivity index (χ4n) is 2.99. The van der Waals surface area contributed by atoms with Gasteiger partial charge in [-0.05, 0) is 38.0 Å². The number of halogens is 1. The maximum Gasteiger partial charge on any atom is 0.168 e. The molecule has 0 unspecified atom stereocenters. The molecule has 0 N–H and O–H groups in total. The lowest BCUT2D eigenvalue weighted by Crippen LogP contribution is -2.26. The molecule has 0 spiro atoms. The molecule has 3 aromatic rings. The minimum atomic E-state index is -0.290. The van der Waals surface area contributed by atoms with Gasteiger partial charge in [0.05, 0.1) is 16.8 Å². The van der Waals surface area contributed by atoms with Gasteiger partial charge in [0.2, 0.25) is 0 Å². The maximum atomic E-state index is 13.6. The van der Waals surface area contributed by atoms with E-state index in [0.717, 1.165) is 42.8 Å². The van der Waals surface area contributed by atoms with E-state index in [2.05, 4.69) is 33.8 Å². The Morgan fingerprint density at radius 3 is 2.54 bits per heavy atom. The van der Waals surface area contributed by atoms with E-state index in [9.17, 15) is 4.39 Å². The molecule has 0 aliphatic heterocycles. The summed E-state index contributed by atoms with van der Waals surface area (Å²) < 4.78 is 15.3. The maximum absolute atomic E-state index is 13.6. The number of rotatable bonds is 6. The van der Waals surface area contributed by atoms with Crippen LogP contribution in [0.25, 0.3) is 16.7 Å². The van der Waals surface area contributed by atoms with Crippen LogP contribution in [0.3, 0.4) is 0 Å². The summed E-state index contributed by atoms with van der Waals surface area (Å²) in [7, 11) is 0. The molecule has 0 radical (unpaired) electrons. The number of hydrogen-bond acceptors (Lipinski definition) is 4. The third-order valence-electron chi connectivity index (χ3n) is 3.96. The molecule has 0 amide bonds. The third kappa shape index (κ3) is 2.96. The van der Waals surface area contributed by atoms with Crippen LogP contribution >= 0.6 is 0 Å². The van der Waals surface area contributed by atoms with Crippen LogP contribution in [0.1, 0.15) is 32.4 Å². The normalized spacial score (nSPS) is 11.2. The van der Waals surface area contributed by atoms with Gasteiger partial charge in [-0.2, -0.15) is 5.10 Å². The van der Waals surface area contributed by atoms with Gasteiger partial charge in [-0.15, -0.1) is 0 Å². The van der Waals surface area contributed by atoms with Crippen LogP contribution in [-0.2, 0) is 0 Å². The lowest BCUT2D eigenvalue weighted by molar-refractivity contribution is 0.625. The zero-order valence-corrected chi connectivity index (χ0v) is 14.3. The number of aromatic nitrogens is 4. The van der Waals surface area contributed by atoms with Crippen LogP contribution in [0.2, 0.25) is 0 Å². The second-order valence-corrected chi connectivity index (χ2v) is 5.86. The lowest BCUT2D eigenvalue weighted by Gasteiger charge is -2.23. The van der Waals surface area contributed by atoms with Crippen molar-refractivity contribution in [3.8, 4) is 5.69 Å². The quantitative estimate of drug-likeness (QED) is 0.689. The minimum absolute atomic E-state index is 0.290. The topological polar surface area (TPSA) is 46.8 Å². The summed E-state index contributed by atoms with van der Waals surface area (Å²) in [6, 6.07) is 6.39. The molecule has 0 aliphatic rings. The first-order valence-corrected chi connectivity index (χ1v) is 8.37. The average molecular weight is 327 g/mol. The number of aryl methyl sites for hydroxylation is 1. The largest absolute Gasteiger partial charge is 0.356 e. The van der Waals surface area contributed by atoms with Crippen molar-refractivity contribution >= 4 is 16.9 Å². The first-order valence-electron chi connectivity index (χ1n) is 8.37. The summed E-state index contributed by atoms with van der Waals surface area (Å²) in [4.78, 5) is 11.2. The second kappa shape index (κ2) is 6.95. The van der Waals surface area contributed by atoms with Crippen LogP contribution in [0, 0.1) is 12.7 Å². The van der Waals surface area contributed by atoms with E-state index in [0.29, 0.717) is 11.3 Å². The van der Waals surface area contributed by atoms with Gasteiger partial charge in [-0.3, -0.25) is 0 Å². The van der Waals surface area contributed by atoms with Crippen LogP contribution in [0.15, 0.2) is 30.6 Å². The van der Waals surface area contributed by atoms with Gasteiger partial charge >= 0.3 is 0 Å². The number of nitrogens with zero attached hydrogens (tertiary/aromatic N) is 5. The van der Waals surface area contributed by atoms with Crippen molar-refractivity contribution in [2.24, 2.45) is 0 Å². The Bertz CT molecular complexity index is 837. The van der Waals surface area contributed by atoms with Crippen LogP contribution in [0.5, 0.6) is 0 Å². The van der Waals surface area contributed by atoms with E-state index >= 15 is 0 Å². The predicted molar refractivity (Wildman–Crippen MR) is 94.2 cm³/mol. The van der Waals surface area contributed by atoms with E-state index in [-0.39, 0.29) is 5.82 Å². The van der Waals surface area contributed by atoms with Crippen molar-refractivity contribution in [2.45, 2.75) is 33.6 Å². The summed E-state index contributed by atoms with van der Waals surface area (Å²) in [5, 5.41) is 5.52. The molecule has 1 aromatic carbocycles. The first-order chi connectivity index (χ1) is 11.7. The van der Waals surface area contributed by atoms with Gasteiger partial charge in [0, 0.05) is 13.1 Å². The smallest absolute Gasteiger partial charge is 0.168 e. The standard InChI is InChI=1S/C18H22FN5/c1-4-9-23(10-5-2)17-16-13(3)22-24(18(16)21-12-20-17)15-8-6-7-14(19)11-15/h6-8,11-12H,4-5,9-10H2,1-3H3. The zero-order valence-electron chi connectivity index (χ0n) is 14.3. The van der Waals surface area contributed by atoms with E-state index in [1.165, 1.54) is 12.1 Å². The average Bonchev–Trinajstić information content (AvgIpc) is 2.92. The fourth-order valence-corrected chi connectivity index (χ4v) is 2.99. The SMILES string of the molecule is CCCN(CCC)c1ncnc2c1c(C)nn2-c1cccc(F)c1. The molecule has 24 heavy (non-hydrogen) atoms. The second-order valence-electron chi connectivity index (χ2n) is 5.86. The molecule has 0 saturated carbocycles. The van der Waals surface area contributed by atoms with Gasteiger partial charge in [-0.1, -0.05) is 19.9 Å². The monoisotopic (exact) mass is 327 g/mol. The molecule has 0 aliphatic carbocycles. The molecule has 3 rings (SSSR count). The first kappa shape index (κ1) is 16.4. The Labute approximate surface area is 141 Å². The van der Waals surface area contributed by atoms with Crippen molar-refractivity contribution in [1.82, 2.24) is 19.7 Å². The number of benzene rings is 1. The van der Waals surface area contributed by atoms with Crippen molar-refractivity contribution < 1.29 is 4.39 Å². The number of anilines is 1. The highest BCUT2D eigenvalue weighted by molar-refractivity contribution is 5.90. The summed E-state index contributed by atoms with van der Waals surface area (Å²) in [5.74, 6) is 0.616. The molecule has 2 heterocycles. The van der Waals surface area contributed by atoms with E-state index in [1.54, 1.807) is 17.1 Å². The molecular weight excluding hydrogens is 305 g/mol. The Hall–Kier alpha value is -2.50. The van der Waals surface area contributed by atoms with Gasteiger partial charge in [-0.25, -0.2) is 19.0 Å². The zero-order chi connectivity index (χ0) is 17.1. The van der Waals surface area contributed by atoms with Crippen molar-refractivity contribution in [3.63, 3.8) is 0 Å². The Kier molecular flexibility index (Phi) is 4.74. The highest BCUT2D eigenvalue weighted by Gasteiger charge is 2.18. The molecule has 126 valence electrons. The Morgan fingerprint density at radius 2 is 1.88 bits per heavy atom. The van der Waals surface area contributed by atoms with Crippen LogP contribution < -0.4 is 4.90 Å². The molecular formula is C18H22FN5. The van der Waals surface area contributed by atoms with Crippen molar-refractivity contribution in [2.75, 3.05) is 18.0 Å². The molecule has 0 saturated heterocycles. The number of fused-ring (bicyclic) bond motifs is 1. The summed E-state index contributed by atoms with van der Waals surface area (Å²) in [5.41, 5.74) is 2.22. The van der Waals surface area contributed by atoms with Crippen molar-refractivity contribution in [3.05, 3.63) is 42.1 Å². The summed E-state index contributed by atoms with van der Waals surface area (Å²) in [6.07, 6.45) is 3.65. The van der Waals surface area contributed by atoms with Gasteiger partial charge < -0.3 is 4.90 Å². The predicted octanol–water partition coefficient (Wildman–Crippen LogP) is 3.89. The van der Waals surface area contributed by atoms with Gasteiger partial charge in [0.25, 0.3) is 0 Å². The number of hydrogen-bond donors (Lipinski definition) is 0. The van der Waals surface area contributed by atoms with E-state index in [4.69, 9.17) is 0 Å². The molecule has 5 nitrogen and oxygen atoms in total. The minimum Gasteiger partial charge on any atom is -0.356 e. The molecule has 0 fully saturated rings. The fraction of sp³-hybridized carbons (Fsp3) is 0.389. The highest BCUT2D eigenvalue weighted by Crippen LogP contribution is 2.28. The lowest BCUT2D eigenvalue weighted by atomic mass is 10.2. The molecule has 0 atom stereocenters.